The number of amides is 2. The van der Waals surface area contributed by atoms with Gasteiger partial charge in [0.25, 0.3) is 15.6 Å². The van der Waals surface area contributed by atoms with Gasteiger partial charge in [0.2, 0.25) is 17.6 Å². The van der Waals surface area contributed by atoms with E-state index in [2.05, 4.69) is 5.32 Å². The molecule has 2 aromatic rings. The van der Waals surface area contributed by atoms with Crippen molar-refractivity contribution in [2.24, 2.45) is 0 Å². The number of nitrogens with one attached hydrogen (secondary N) is 3. The van der Waals surface area contributed by atoms with Crippen molar-refractivity contribution >= 4 is 27.5 Å². The maximum atomic E-state index is 13.2. The quantitative estimate of drug-likeness (QED) is 0.599. The lowest BCUT2D eigenvalue weighted by molar-refractivity contribution is -0.119. The predicted octanol–water partition coefficient (Wildman–Crippen LogP) is -0.471. The zero-order valence-corrected chi connectivity index (χ0v) is 14.8. The van der Waals surface area contributed by atoms with Gasteiger partial charge in [-0.15, -0.1) is 0 Å². The molecule has 0 saturated carbocycles. The van der Waals surface area contributed by atoms with Crippen LogP contribution in [0.3, 0.4) is 0 Å². The molecule has 0 bridgehead atoms. The smallest absolute Gasteiger partial charge is 0.326 e. The highest BCUT2D eigenvalue weighted by Crippen LogP contribution is 2.14. The van der Waals surface area contributed by atoms with Crippen molar-refractivity contribution in [2.45, 2.75) is 24.8 Å². The van der Waals surface area contributed by atoms with E-state index in [0.29, 0.717) is 11.9 Å². The Kier molecular flexibility index (Phi) is 5.90. The van der Waals surface area contributed by atoms with Gasteiger partial charge >= 0.3 is 5.69 Å². The molecule has 1 aromatic heterocycles. The lowest BCUT2D eigenvalue weighted by Gasteiger charge is -2.09. The van der Waals surface area contributed by atoms with Crippen LogP contribution in [0, 0.1) is 5.82 Å². The first-order valence-corrected chi connectivity index (χ1v) is 8.99. The number of halogens is 1. The summed E-state index contributed by atoms with van der Waals surface area (Å²) in [4.78, 5) is 46.7. The lowest BCUT2D eigenvalue weighted by atomic mass is 10.3. The number of hydrogen-bond donors (Lipinski definition) is 3. The molecule has 2 amide bonds. The van der Waals surface area contributed by atoms with Crippen LogP contribution in [0.1, 0.15) is 13.3 Å². The minimum absolute atomic E-state index is 0.211. The van der Waals surface area contributed by atoms with Crippen LogP contribution in [0.4, 0.5) is 10.1 Å². The van der Waals surface area contributed by atoms with Gasteiger partial charge in [0.1, 0.15) is 0 Å². The van der Waals surface area contributed by atoms with Crippen LogP contribution in [0.2, 0.25) is 0 Å². The molecule has 0 spiro atoms. The van der Waals surface area contributed by atoms with E-state index in [1.807, 2.05) is 4.72 Å². The Hall–Kier alpha value is -3.28. The van der Waals surface area contributed by atoms with Gasteiger partial charge in [-0.25, -0.2) is 17.9 Å². The average molecular weight is 398 g/mol. The van der Waals surface area contributed by atoms with Crippen LogP contribution in [0.5, 0.6) is 0 Å². The van der Waals surface area contributed by atoms with Gasteiger partial charge in [-0.2, -0.15) is 4.39 Å². The van der Waals surface area contributed by atoms with Gasteiger partial charge in [-0.1, -0.05) is 0 Å². The van der Waals surface area contributed by atoms with Gasteiger partial charge in [0.05, 0.1) is 11.1 Å². The Morgan fingerprint density at radius 3 is 2.41 bits per heavy atom. The highest BCUT2D eigenvalue weighted by molar-refractivity contribution is 7.90. The molecule has 27 heavy (non-hydrogen) atoms. The van der Waals surface area contributed by atoms with Crippen LogP contribution in [-0.4, -0.2) is 29.8 Å². The fourth-order valence-electron chi connectivity index (χ4n) is 2.05. The molecular weight excluding hydrogens is 383 g/mol. The molecule has 0 unspecified atom stereocenters. The summed E-state index contributed by atoms with van der Waals surface area (Å²) in [5, 5.41) is 2.47. The maximum absolute atomic E-state index is 13.2. The SMILES string of the molecule is CC(=O)Nc1ccc(S(=O)(=O)NC(=O)CCn2cc(F)c(=O)[nH]c2=O)cc1. The average Bonchev–Trinajstić information content (AvgIpc) is 2.56. The number of carbonyl (C=O) groups is 2. The van der Waals surface area contributed by atoms with Crippen molar-refractivity contribution in [1.29, 1.82) is 0 Å². The molecule has 1 heterocycles. The Morgan fingerprint density at radius 1 is 1.19 bits per heavy atom. The molecule has 0 aliphatic carbocycles. The monoisotopic (exact) mass is 398 g/mol. The van der Waals surface area contributed by atoms with Gasteiger partial charge in [-0.3, -0.25) is 23.9 Å². The number of H-pyrrole nitrogens is 1. The lowest BCUT2D eigenvalue weighted by Crippen LogP contribution is -2.34. The molecule has 1 aromatic carbocycles. The Balaban J connectivity index is 2.04. The number of carbonyl (C=O) groups excluding carboxylic acids is 2. The summed E-state index contributed by atoms with van der Waals surface area (Å²) >= 11 is 0. The summed E-state index contributed by atoms with van der Waals surface area (Å²) in [5.74, 6) is -2.46. The highest BCUT2D eigenvalue weighted by Gasteiger charge is 2.18. The zero-order chi connectivity index (χ0) is 20.2. The number of aromatic amines is 1. The number of nitrogens with zero attached hydrogens (tertiary/aromatic N) is 1. The largest absolute Gasteiger partial charge is 0.328 e. The van der Waals surface area contributed by atoms with Crippen molar-refractivity contribution in [3.63, 3.8) is 0 Å². The second kappa shape index (κ2) is 7.95. The van der Waals surface area contributed by atoms with Crippen LogP contribution >= 0.6 is 0 Å². The van der Waals surface area contributed by atoms with Crippen molar-refractivity contribution in [2.75, 3.05) is 5.32 Å². The molecule has 3 N–H and O–H groups in total. The molecule has 12 heteroatoms. The molecule has 0 saturated heterocycles. The molecule has 0 aliphatic heterocycles. The number of hydrogen-bond acceptors (Lipinski definition) is 6. The van der Waals surface area contributed by atoms with E-state index in [-0.39, 0.29) is 17.3 Å². The molecular formula is C15H15FN4O6S. The fraction of sp³-hybridized carbons (Fsp3) is 0.200. The second-order valence-electron chi connectivity index (χ2n) is 5.41. The molecule has 144 valence electrons. The topological polar surface area (TPSA) is 147 Å². The van der Waals surface area contributed by atoms with Crippen molar-refractivity contribution < 1.29 is 22.4 Å². The summed E-state index contributed by atoms with van der Waals surface area (Å²) in [5.41, 5.74) is -1.73. The van der Waals surface area contributed by atoms with E-state index in [9.17, 15) is 32.0 Å². The predicted molar refractivity (Wildman–Crippen MR) is 92.0 cm³/mol. The van der Waals surface area contributed by atoms with Crippen LogP contribution in [0.25, 0.3) is 0 Å². The number of benzene rings is 1. The summed E-state index contributed by atoms with van der Waals surface area (Å²) in [6.07, 6.45) is 0.179. The number of anilines is 1. The molecule has 0 atom stereocenters. The second-order valence-corrected chi connectivity index (χ2v) is 7.10. The van der Waals surface area contributed by atoms with E-state index in [1.54, 1.807) is 4.98 Å². The summed E-state index contributed by atoms with van der Waals surface area (Å²) in [6.45, 7) is 0.958. The Labute approximate surface area is 152 Å². The molecule has 0 aliphatic rings. The van der Waals surface area contributed by atoms with Crippen LogP contribution < -0.4 is 21.3 Å². The normalized spacial score (nSPS) is 11.0. The third kappa shape index (κ3) is 5.34. The minimum atomic E-state index is -4.17. The molecule has 0 fully saturated rings. The van der Waals surface area contributed by atoms with Gasteiger partial charge in [-0.05, 0) is 24.3 Å². The standard InChI is InChI=1S/C15H15FN4O6S/c1-9(21)17-10-2-4-11(5-3-10)27(25,26)19-13(22)6-7-20-8-12(16)14(23)18-15(20)24/h2-5,8H,6-7H2,1H3,(H,17,21)(H,19,22)(H,18,23,24). The first-order valence-electron chi connectivity index (χ1n) is 7.51. The van der Waals surface area contributed by atoms with Crippen molar-refractivity contribution in [1.82, 2.24) is 14.3 Å². The third-order valence-corrected chi connectivity index (χ3v) is 4.67. The van der Waals surface area contributed by atoms with Crippen LogP contribution in [0.15, 0.2) is 44.9 Å². The summed E-state index contributed by atoms with van der Waals surface area (Å²) < 4.78 is 40.0. The highest BCUT2D eigenvalue weighted by atomic mass is 32.2. The summed E-state index contributed by atoms with van der Waals surface area (Å²) in [6, 6.07) is 5.09. The van der Waals surface area contributed by atoms with Gasteiger partial charge < -0.3 is 5.32 Å². The van der Waals surface area contributed by atoms with E-state index in [0.717, 1.165) is 4.57 Å². The first-order chi connectivity index (χ1) is 12.6. The van der Waals surface area contributed by atoms with E-state index >= 15 is 0 Å². The number of aromatic nitrogens is 2. The Morgan fingerprint density at radius 2 is 1.81 bits per heavy atom. The van der Waals surface area contributed by atoms with E-state index in [4.69, 9.17) is 0 Å². The van der Waals surface area contributed by atoms with E-state index in [1.165, 1.54) is 31.2 Å². The number of sulfonamides is 1. The number of aryl methyl sites for hydroxylation is 1. The maximum Gasteiger partial charge on any atom is 0.328 e. The van der Waals surface area contributed by atoms with Gasteiger partial charge in [0, 0.05) is 25.6 Å². The summed E-state index contributed by atoms with van der Waals surface area (Å²) in [7, 11) is -4.17. The van der Waals surface area contributed by atoms with E-state index < -0.39 is 39.4 Å². The first kappa shape index (κ1) is 20.0. The number of rotatable bonds is 6. The van der Waals surface area contributed by atoms with Crippen molar-refractivity contribution in [3.05, 3.63) is 57.1 Å². The van der Waals surface area contributed by atoms with Gasteiger partial charge in [0.15, 0.2) is 0 Å². The molecule has 2 rings (SSSR count). The molecule has 10 nitrogen and oxygen atoms in total. The minimum Gasteiger partial charge on any atom is -0.326 e. The van der Waals surface area contributed by atoms with Crippen molar-refractivity contribution in [3.8, 4) is 0 Å². The third-order valence-electron chi connectivity index (χ3n) is 3.28. The van der Waals surface area contributed by atoms with Crippen LogP contribution in [-0.2, 0) is 26.2 Å². The Bertz CT molecular complexity index is 1090. The fourth-order valence-corrected chi connectivity index (χ4v) is 3.07. The molecule has 0 radical (unpaired) electrons. The zero-order valence-electron chi connectivity index (χ0n) is 14.0.